The average molecular weight is 278 g/mol. The summed E-state index contributed by atoms with van der Waals surface area (Å²) in [7, 11) is 0. The van der Waals surface area contributed by atoms with Crippen LogP contribution in [0.15, 0.2) is 18.2 Å². The van der Waals surface area contributed by atoms with E-state index in [1.165, 1.54) is 32.1 Å². The van der Waals surface area contributed by atoms with Gasteiger partial charge in [0.1, 0.15) is 0 Å². The largest absolute Gasteiger partial charge is 0.369 e. The number of anilines is 1. The summed E-state index contributed by atoms with van der Waals surface area (Å²) in [5.41, 5.74) is 8.49. The Labute approximate surface area is 118 Å². The molecule has 1 aliphatic carbocycles. The second-order valence-electron chi connectivity index (χ2n) is 5.75. The van der Waals surface area contributed by atoms with Crippen LogP contribution in [0.2, 0.25) is 5.02 Å². The van der Waals surface area contributed by atoms with Gasteiger partial charge in [-0.1, -0.05) is 31.4 Å². The number of rotatable bonds is 3. The van der Waals surface area contributed by atoms with Gasteiger partial charge in [0.2, 0.25) is 5.95 Å². The fourth-order valence-electron chi connectivity index (χ4n) is 3.36. The molecule has 1 aromatic heterocycles. The summed E-state index contributed by atoms with van der Waals surface area (Å²) in [5, 5.41) is 0.741. The molecule has 0 spiro atoms. The number of nitrogens with two attached hydrogens (primary N) is 1. The fraction of sp³-hybridized carbons (Fsp3) is 0.533. The predicted octanol–water partition coefficient (Wildman–Crippen LogP) is 4.24. The van der Waals surface area contributed by atoms with Crippen LogP contribution in [-0.4, -0.2) is 9.55 Å². The standard InChI is InChI=1S/C15H20ClN3/c1-2-15(7-3-4-8-15)10-19-13-9-11(16)5-6-12(13)18-14(19)17/h5-6,9H,2-4,7-8,10H2,1H3,(H2,17,18). The average Bonchev–Trinajstić information content (AvgIpc) is 2.98. The van der Waals surface area contributed by atoms with Gasteiger partial charge in [-0.05, 0) is 42.9 Å². The zero-order valence-electron chi connectivity index (χ0n) is 11.3. The van der Waals surface area contributed by atoms with Crippen molar-refractivity contribution in [2.24, 2.45) is 5.41 Å². The molecule has 3 nitrogen and oxygen atoms in total. The molecule has 0 atom stereocenters. The van der Waals surface area contributed by atoms with Crippen LogP contribution in [0.25, 0.3) is 11.0 Å². The van der Waals surface area contributed by atoms with Gasteiger partial charge in [0.25, 0.3) is 0 Å². The van der Waals surface area contributed by atoms with Crippen molar-refractivity contribution in [3.8, 4) is 0 Å². The molecule has 1 aromatic carbocycles. The molecule has 2 aromatic rings. The lowest BCUT2D eigenvalue weighted by Gasteiger charge is -2.28. The topological polar surface area (TPSA) is 43.8 Å². The number of fused-ring (bicyclic) bond motifs is 1. The lowest BCUT2D eigenvalue weighted by molar-refractivity contribution is 0.242. The summed E-state index contributed by atoms with van der Waals surface area (Å²) >= 11 is 6.10. The van der Waals surface area contributed by atoms with Crippen LogP contribution in [0, 0.1) is 5.41 Å². The zero-order chi connectivity index (χ0) is 13.5. The van der Waals surface area contributed by atoms with Crippen LogP contribution in [-0.2, 0) is 6.54 Å². The number of imidazole rings is 1. The highest BCUT2D eigenvalue weighted by molar-refractivity contribution is 6.31. The van der Waals surface area contributed by atoms with Gasteiger partial charge < -0.3 is 10.3 Å². The summed E-state index contributed by atoms with van der Waals surface area (Å²) in [6.07, 6.45) is 6.46. The van der Waals surface area contributed by atoms with E-state index in [1.807, 2.05) is 18.2 Å². The Morgan fingerprint density at radius 3 is 2.79 bits per heavy atom. The zero-order valence-corrected chi connectivity index (χ0v) is 12.1. The first kappa shape index (κ1) is 12.8. The minimum Gasteiger partial charge on any atom is -0.369 e. The van der Waals surface area contributed by atoms with E-state index in [1.54, 1.807) is 0 Å². The number of nitrogen functional groups attached to an aromatic ring is 1. The van der Waals surface area contributed by atoms with E-state index >= 15 is 0 Å². The molecule has 0 bridgehead atoms. The van der Waals surface area contributed by atoms with Crippen LogP contribution in [0.5, 0.6) is 0 Å². The minimum absolute atomic E-state index is 0.393. The molecule has 1 saturated carbocycles. The fourth-order valence-corrected chi connectivity index (χ4v) is 3.53. The molecule has 0 radical (unpaired) electrons. The van der Waals surface area contributed by atoms with Gasteiger partial charge in [-0.25, -0.2) is 4.98 Å². The Hall–Kier alpha value is -1.22. The first-order valence-corrected chi connectivity index (χ1v) is 7.43. The quantitative estimate of drug-likeness (QED) is 0.912. The highest BCUT2D eigenvalue weighted by Gasteiger charge is 2.33. The lowest BCUT2D eigenvalue weighted by Crippen LogP contribution is -2.23. The molecule has 0 aliphatic heterocycles. The van der Waals surface area contributed by atoms with Crippen molar-refractivity contribution >= 4 is 28.6 Å². The number of benzene rings is 1. The Morgan fingerprint density at radius 1 is 1.37 bits per heavy atom. The third-order valence-electron chi connectivity index (χ3n) is 4.65. The first-order chi connectivity index (χ1) is 9.13. The molecular formula is C15H20ClN3. The van der Waals surface area contributed by atoms with Crippen molar-refractivity contribution < 1.29 is 0 Å². The van der Waals surface area contributed by atoms with Crippen LogP contribution in [0.3, 0.4) is 0 Å². The molecule has 1 aliphatic rings. The van der Waals surface area contributed by atoms with Crippen molar-refractivity contribution in [2.75, 3.05) is 5.73 Å². The van der Waals surface area contributed by atoms with E-state index in [0.29, 0.717) is 11.4 Å². The van der Waals surface area contributed by atoms with Gasteiger partial charge in [0, 0.05) is 11.6 Å². The third kappa shape index (κ3) is 2.20. The van der Waals surface area contributed by atoms with Crippen LogP contribution >= 0.6 is 11.6 Å². The summed E-state index contributed by atoms with van der Waals surface area (Å²) in [4.78, 5) is 4.44. The van der Waals surface area contributed by atoms with Crippen molar-refractivity contribution in [1.82, 2.24) is 9.55 Å². The van der Waals surface area contributed by atoms with Gasteiger partial charge in [0.15, 0.2) is 0 Å². The van der Waals surface area contributed by atoms with Gasteiger partial charge in [-0.3, -0.25) is 0 Å². The van der Waals surface area contributed by atoms with E-state index in [-0.39, 0.29) is 0 Å². The minimum atomic E-state index is 0.393. The molecule has 102 valence electrons. The summed E-state index contributed by atoms with van der Waals surface area (Å²) < 4.78 is 2.15. The van der Waals surface area contributed by atoms with Crippen molar-refractivity contribution in [3.63, 3.8) is 0 Å². The number of halogens is 1. The predicted molar refractivity (Wildman–Crippen MR) is 80.3 cm³/mol. The van der Waals surface area contributed by atoms with Crippen LogP contribution in [0.4, 0.5) is 5.95 Å². The molecule has 1 heterocycles. The van der Waals surface area contributed by atoms with E-state index in [9.17, 15) is 0 Å². The first-order valence-electron chi connectivity index (χ1n) is 7.05. The molecule has 4 heteroatoms. The van der Waals surface area contributed by atoms with Gasteiger partial charge in [-0.2, -0.15) is 0 Å². The van der Waals surface area contributed by atoms with E-state index < -0.39 is 0 Å². The Morgan fingerprint density at radius 2 is 2.11 bits per heavy atom. The molecule has 0 amide bonds. The molecule has 2 N–H and O–H groups in total. The Balaban J connectivity index is 2.04. The number of hydrogen-bond acceptors (Lipinski definition) is 2. The molecule has 0 unspecified atom stereocenters. The van der Waals surface area contributed by atoms with E-state index in [2.05, 4.69) is 16.5 Å². The van der Waals surface area contributed by atoms with Gasteiger partial charge in [-0.15, -0.1) is 0 Å². The second kappa shape index (κ2) is 4.71. The maximum absolute atomic E-state index is 6.10. The van der Waals surface area contributed by atoms with E-state index in [4.69, 9.17) is 17.3 Å². The third-order valence-corrected chi connectivity index (χ3v) is 4.88. The molecule has 1 fully saturated rings. The summed E-state index contributed by atoms with van der Waals surface area (Å²) in [5.74, 6) is 0.608. The normalized spacial score (nSPS) is 18.2. The highest BCUT2D eigenvalue weighted by Crippen LogP contribution is 2.43. The van der Waals surface area contributed by atoms with Crippen LogP contribution in [0.1, 0.15) is 39.0 Å². The highest BCUT2D eigenvalue weighted by atomic mass is 35.5. The van der Waals surface area contributed by atoms with Gasteiger partial charge in [0.05, 0.1) is 11.0 Å². The Kier molecular flexibility index (Phi) is 3.17. The van der Waals surface area contributed by atoms with Crippen molar-refractivity contribution in [3.05, 3.63) is 23.2 Å². The molecular weight excluding hydrogens is 258 g/mol. The molecule has 0 saturated heterocycles. The SMILES string of the molecule is CCC1(Cn2c(N)nc3ccc(Cl)cc32)CCCC1. The maximum Gasteiger partial charge on any atom is 0.201 e. The number of nitrogens with zero attached hydrogens (tertiary/aromatic N) is 2. The summed E-state index contributed by atoms with van der Waals surface area (Å²) in [6.45, 7) is 3.25. The number of hydrogen-bond donors (Lipinski definition) is 1. The number of aromatic nitrogens is 2. The van der Waals surface area contributed by atoms with Crippen molar-refractivity contribution in [2.45, 2.75) is 45.6 Å². The van der Waals surface area contributed by atoms with Crippen LogP contribution < -0.4 is 5.73 Å². The van der Waals surface area contributed by atoms with E-state index in [0.717, 1.165) is 22.6 Å². The van der Waals surface area contributed by atoms with Gasteiger partial charge >= 0.3 is 0 Å². The maximum atomic E-state index is 6.10. The lowest BCUT2D eigenvalue weighted by atomic mass is 9.83. The molecule has 3 rings (SSSR count). The van der Waals surface area contributed by atoms with Crippen molar-refractivity contribution in [1.29, 1.82) is 0 Å². The second-order valence-corrected chi connectivity index (χ2v) is 6.19. The smallest absolute Gasteiger partial charge is 0.201 e. The summed E-state index contributed by atoms with van der Waals surface area (Å²) in [6, 6.07) is 5.78. The monoisotopic (exact) mass is 277 g/mol. The molecule has 19 heavy (non-hydrogen) atoms. The Bertz CT molecular complexity index is 597.